The van der Waals surface area contributed by atoms with Gasteiger partial charge < -0.3 is 14.4 Å². The quantitative estimate of drug-likeness (QED) is 0.428. The smallest absolute Gasteiger partial charge is 0.337 e. The number of carbonyl (C=O) groups excluding carboxylic acids is 2. The van der Waals surface area contributed by atoms with Gasteiger partial charge in [-0.2, -0.15) is 5.10 Å². The molecule has 0 unspecified atom stereocenters. The van der Waals surface area contributed by atoms with Gasteiger partial charge in [0.2, 0.25) is 0 Å². The van der Waals surface area contributed by atoms with Gasteiger partial charge in [-0.1, -0.05) is 35.9 Å². The lowest BCUT2D eigenvalue weighted by Gasteiger charge is -2.36. The second-order valence-electron chi connectivity index (χ2n) is 8.93. The van der Waals surface area contributed by atoms with Crippen molar-refractivity contribution in [1.29, 1.82) is 0 Å². The normalized spacial score (nSPS) is 15.1. The number of ether oxygens (including phenoxy) is 2. The summed E-state index contributed by atoms with van der Waals surface area (Å²) in [5.41, 5.74) is 3.95. The van der Waals surface area contributed by atoms with E-state index in [-0.39, 0.29) is 18.0 Å². The minimum Gasteiger partial charge on any atom is -0.465 e. The summed E-state index contributed by atoms with van der Waals surface area (Å²) >= 11 is 6.11. The summed E-state index contributed by atoms with van der Waals surface area (Å²) in [6.07, 6.45) is -0.178. The van der Waals surface area contributed by atoms with Crippen molar-refractivity contribution in [3.8, 4) is 0 Å². The molecule has 1 aliphatic rings. The van der Waals surface area contributed by atoms with Crippen LogP contribution in [0, 0.1) is 6.92 Å². The lowest BCUT2D eigenvalue weighted by molar-refractivity contribution is 0.00334. The Morgan fingerprint density at radius 1 is 1.03 bits per heavy atom. The van der Waals surface area contributed by atoms with Crippen LogP contribution in [0.5, 0.6) is 0 Å². The van der Waals surface area contributed by atoms with Crippen LogP contribution in [0.3, 0.4) is 0 Å². The molecule has 0 spiro atoms. The molecule has 36 heavy (non-hydrogen) atoms. The molecule has 0 aliphatic carbocycles. The first-order chi connectivity index (χ1) is 17.3. The van der Waals surface area contributed by atoms with Crippen molar-refractivity contribution in [1.82, 2.24) is 19.6 Å². The maximum Gasteiger partial charge on any atom is 0.337 e. The number of carbonyl (C=O) groups is 2. The van der Waals surface area contributed by atoms with E-state index in [1.54, 1.807) is 16.8 Å². The molecule has 2 heterocycles. The Morgan fingerprint density at radius 2 is 1.69 bits per heavy atom. The monoisotopic (exact) mass is 510 g/mol. The number of esters is 1. The molecular weight excluding hydrogens is 480 g/mol. The van der Waals surface area contributed by atoms with Crippen molar-refractivity contribution in [2.45, 2.75) is 19.6 Å². The minimum atomic E-state index is -0.364. The zero-order valence-electron chi connectivity index (χ0n) is 20.8. The fourth-order valence-electron chi connectivity index (χ4n) is 4.18. The third-order valence-corrected chi connectivity index (χ3v) is 6.74. The van der Waals surface area contributed by atoms with E-state index in [1.807, 2.05) is 61.3 Å². The van der Waals surface area contributed by atoms with Gasteiger partial charge in [-0.3, -0.25) is 14.4 Å². The van der Waals surface area contributed by atoms with Gasteiger partial charge in [0.1, 0.15) is 0 Å². The molecule has 9 heteroatoms. The molecule has 190 valence electrons. The summed E-state index contributed by atoms with van der Waals surface area (Å²) in [6.45, 7) is 5.79. The van der Waals surface area contributed by atoms with Crippen LogP contribution in [0.1, 0.15) is 43.8 Å². The van der Waals surface area contributed by atoms with E-state index in [4.69, 9.17) is 21.1 Å². The van der Waals surface area contributed by atoms with Crippen LogP contribution in [0.2, 0.25) is 5.02 Å². The van der Waals surface area contributed by atoms with Crippen molar-refractivity contribution >= 4 is 23.5 Å². The third kappa shape index (κ3) is 6.32. The summed E-state index contributed by atoms with van der Waals surface area (Å²) in [5, 5.41) is 5.00. The maximum atomic E-state index is 12.9. The second-order valence-corrected chi connectivity index (χ2v) is 9.36. The van der Waals surface area contributed by atoms with Crippen molar-refractivity contribution in [2.75, 3.05) is 39.8 Å². The maximum absolute atomic E-state index is 12.9. The number of halogens is 1. The summed E-state index contributed by atoms with van der Waals surface area (Å²) < 4.78 is 12.8. The zero-order chi connectivity index (χ0) is 25.7. The van der Waals surface area contributed by atoms with Crippen LogP contribution in [-0.4, -0.2) is 71.3 Å². The number of hydrogen-bond acceptors (Lipinski definition) is 6. The highest BCUT2D eigenvalue weighted by Gasteiger charge is 2.26. The predicted molar refractivity (Wildman–Crippen MR) is 137 cm³/mol. The van der Waals surface area contributed by atoms with E-state index >= 15 is 0 Å². The van der Waals surface area contributed by atoms with E-state index in [2.05, 4.69) is 10.00 Å². The van der Waals surface area contributed by atoms with Crippen LogP contribution in [-0.2, 0) is 23.1 Å². The van der Waals surface area contributed by atoms with Gasteiger partial charge in [0.15, 0.2) is 5.69 Å². The largest absolute Gasteiger partial charge is 0.465 e. The molecule has 0 N–H and O–H groups in total. The first-order valence-corrected chi connectivity index (χ1v) is 12.3. The van der Waals surface area contributed by atoms with E-state index in [1.165, 1.54) is 7.11 Å². The fraction of sp³-hybridized carbons (Fsp3) is 0.370. The second kappa shape index (κ2) is 11.7. The molecule has 8 nitrogen and oxygen atoms in total. The van der Waals surface area contributed by atoms with Gasteiger partial charge in [-0.05, 0) is 48.4 Å². The first kappa shape index (κ1) is 25.9. The minimum absolute atomic E-state index is 0.0285. The van der Waals surface area contributed by atoms with E-state index in [0.29, 0.717) is 42.5 Å². The molecule has 0 radical (unpaired) electrons. The molecule has 3 aromatic rings. The number of aromatic nitrogens is 2. The Morgan fingerprint density at radius 3 is 2.28 bits per heavy atom. The highest BCUT2D eigenvalue weighted by Crippen LogP contribution is 2.24. The molecule has 1 amide bonds. The summed E-state index contributed by atoms with van der Waals surface area (Å²) in [5.74, 6) is -0.392. The SMILES string of the molecule is COC(=O)c1ccc(CO[C@@H](CN2CCN(C(=O)c3cc(C)n(C)n3)CC2)c2ccc(Cl)cc2)cc1. The number of nitrogens with zero attached hydrogens (tertiary/aromatic N) is 4. The number of aryl methyl sites for hydroxylation is 2. The van der Waals surface area contributed by atoms with Gasteiger partial charge >= 0.3 is 5.97 Å². The Balaban J connectivity index is 1.38. The average Bonchev–Trinajstić information content (AvgIpc) is 3.24. The first-order valence-electron chi connectivity index (χ1n) is 11.9. The predicted octanol–water partition coefficient (Wildman–Crippen LogP) is 3.88. The topological polar surface area (TPSA) is 76.9 Å². The lowest BCUT2D eigenvalue weighted by Crippen LogP contribution is -2.49. The van der Waals surface area contributed by atoms with Crippen LogP contribution >= 0.6 is 11.6 Å². The van der Waals surface area contributed by atoms with Crippen LogP contribution in [0.25, 0.3) is 0 Å². The Hall–Kier alpha value is -3.20. The molecule has 0 bridgehead atoms. The van der Waals surface area contributed by atoms with E-state index < -0.39 is 0 Å². The molecule has 4 rings (SSSR count). The van der Waals surface area contributed by atoms with E-state index in [9.17, 15) is 9.59 Å². The van der Waals surface area contributed by atoms with Gasteiger partial charge in [0.25, 0.3) is 5.91 Å². The van der Waals surface area contributed by atoms with Crippen LogP contribution < -0.4 is 0 Å². The van der Waals surface area contributed by atoms with Gasteiger partial charge in [-0.25, -0.2) is 4.79 Å². The summed E-state index contributed by atoms with van der Waals surface area (Å²) in [7, 11) is 3.21. The summed E-state index contributed by atoms with van der Waals surface area (Å²) in [6, 6.07) is 16.7. The number of piperazine rings is 1. The standard InChI is InChI=1S/C27H31ClN4O4/c1-19-16-24(29-30(19)2)26(33)32-14-12-31(13-15-32)17-25(21-8-10-23(28)11-9-21)36-18-20-4-6-22(7-5-20)27(34)35-3/h4-11,16,25H,12-15,17-18H2,1-3H3/t25-/m0/s1. The highest BCUT2D eigenvalue weighted by atomic mass is 35.5. The van der Waals surface area contributed by atoms with Crippen molar-refractivity contribution in [3.05, 3.63) is 87.7 Å². The Labute approximate surface area is 216 Å². The number of amides is 1. The van der Waals surface area contributed by atoms with Crippen molar-refractivity contribution in [3.63, 3.8) is 0 Å². The Bertz CT molecular complexity index is 1170. The van der Waals surface area contributed by atoms with Crippen LogP contribution in [0.15, 0.2) is 54.6 Å². The molecule has 1 aromatic heterocycles. The van der Waals surface area contributed by atoms with E-state index in [0.717, 1.165) is 29.9 Å². The third-order valence-electron chi connectivity index (χ3n) is 6.48. The molecule has 2 aromatic carbocycles. The molecule has 1 atom stereocenters. The zero-order valence-corrected chi connectivity index (χ0v) is 21.6. The van der Waals surface area contributed by atoms with Gasteiger partial charge in [0.05, 0.1) is 25.4 Å². The number of benzene rings is 2. The fourth-order valence-corrected chi connectivity index (χ4v) is 4.30. The number of methoxy groups -OCH3 is 1. The molecule has 0 saturated carbocycles. The Kier molecular flexibility index (Phi) is 8.40. The van der Waals surface area contributed by atoms with Crippen LogP contribution in [0.4, 0.5) is 0 Å². The molecule has 1 fully saturated rings. The molecule has 1 aliphatic heterocycles. The average molecular weight is 511 g/mol. The number of hydrogen-bond donors (Lipinski definition) is 0. The van der Waals surface area contributed by atoms with Crippen molar-refractivity contribution < 1.29 is 19.1 Å². The molecular formula is C27H31ClN4O4. The van der Waals surface area contributed by atoms with Gasteiger partial charge in [-0.15, -0.1) is 0 Å². The lowest BCUT2D eigenvalue weighted by atomic mass is 10.1. The number of rotatable bonds is 8. The molecule has 1 saturated heterocycles. The van der Waals surface area contributed by atoms with Crippen molar-refractivity contribution in [2.24, 2.45) is 7.05 Å². The van der Waals surface area contributed by atoms with Gasteiger partial charge in [0, 0.05) is 50.5 Å². The summed E-state index contributed by atoms with van der Waals surface area (Å²) in [4.78, 5) is 28.7. The highest BCUT2D eigenvalue weighted by molar-refractivity contribution is 6.30.